The number of hydrogen-bond donors (Lipinski definition) is 2. The number of nitrogens with two attached hydrogens (primary N) is 1. The van der Waals surface area contributed by atoms with Crippen molar-refractivity contribution in [2.45, 2.75) is 0 Å². The van der Waals surface area contributed by atoms with Gasteiger partial charge in [0.1, 0.15) is 10.3 Å². The lowest BCUT2D eigenvalue weighted by atomic mass is 10.1. The smallest absolute Gasteiger partial charge is 0.211 e. The summed E-state index contributed by atoms with van der Waals surface area (Å²) < 4.78 is 0.488. The van der Waals surface area contributed by atoms with Crippen LogP contribution in [0.15, 0.2) is 47.1 Å². The Balaban J connectivity index is 2.30. The second kappa shape index (κ2) is 5.90. The van der Waals surface area contributed by atoms with Crippen LogP contribution in [-0.4, -0.2) is 15.9 Å². The van der Waals surface area contributed by atoms with Gasteiger partial charge in [-0.25, -0.2) is 4.98 Å². The predicted molar refractivity (Wildman–Crippen MR) is 82.2 cm³/mol. The number of thiocarbonyl (C=S) groups is 1. The number of nitrogens with one attached hydrogen (secondary N) is 1. The van der Waals surface area contributed by atoms with Crippen LogP contribution in [0.1, 0.15) is 16.1 Å². The minimum atomic E-state index is -0.136. The van der Waals surface area contributed by atoms with Gasteiger partial charge in [-0.05, 0) is 40.3 Å². The number of rotatable bonds is 3. The molecule has 3 N–H and O–H groups in total. The molecule has 19 heavy (non-hydrogen) atoms. The Kier molecular flexibility index (Phi) is 4.24. The first-order valence-electron chi connectivity index (χ1n) is 5.40. The zero-order valence-electron chi connectivity index (χ0n) is 9.76. The number of anilines is 1. The van der Waals surface area contributed by atoms with Gasteiger partial charge in [0.2, 0.25) is 5.78 Å². The van der Waals surface area contributed by atoms with Gasteiger partial charge in [-0.3, -0.25) is 4.79 Å². The van der Waals surface area contributed by atoms with Crippen LogP contribution in [0.2, 0.25) is 0 Å². The first-order chi connectivity index (χ1) is 9.08. The van der Waals surface area contributed by atoms with Crippen molar-refractivity contribution in [2.75, 3.05) is 5.32 Å². The third-order valence-electron chi connectivity index (χ3n) is 2.38. The fraction of sp³-hybridized carbons (Fsp3) is 0. The van der Waals surface area contributed by atoms with E-state index in [0.29, 0.717) is 21.5 Å². The fourth-order valence-electron chi connectivity index (χ4n) is 1.52. The van der Waals surface area contributed by atoms with Crippen molar-refractivity contribution >= 4 is 44.7 Å². The molecule has 0 radical (unpaired) electrons. The molecule has 0 saturated heterocycles. The molecule has 6 heteroatoms. The minimum Gasteiger partial charge on any atom is -0.376 e. The van der Waals surface area contributed by atoms with E-state index in [1.807, 2.05) is 18.2 Å². The third-order valence-corrected chi connectivity index (χ3v) is 3.08. The molecule has 4 nitrogen and oxygen atoms in total. The van der Waals surface area contributed by atoms with E-state index in [0.717, 1.165) is 0 Å². The summed E-state index contributed by atoms with van der Waals surface area (Å²) in [5, 5.41) is 2.91. The molecule has 0 spiro atoms. The number of halogens is 1. The van der Waals surface area contributed by atoms with E-state index in [2.05, 4.69) is 26.2 Å². The van der Waals surface area contributed by atoms with E-state index in [9.17, 15) is 4.79 Å². The second-order valence-electron chi connectivity index (χ2n) is 3.72. The van der Waals surface area contributed by atoms with E-state index in [1.165, 1.54) is 0 Å². The summed E-state index contributed by atoms with van der Waals surface area (Å²) in [6.07, 6.45) is 0. The molecule has 0 aliphatic carbocycles. The Bertz CT molecular complexity index is 631. The summed E-state index contributed by atoms with van der Waals surface area (Å²) in [4.78, 5) is 16.4. The lowest BCUT2D eigenvalue weighted by Crippen LogP contribution is -2.19. The highest BCUT2D eigenvalue weighted by Gasteiger charge is 2.12. The van der Waals surface area contributed by atoms with Gasteiger partial charge in [0.25, 0.3) is 0 Å². The zero-order chi connectivity index (χ0) is 13.8. The molecular weight excluding hydrogens is 326 g/mol. The van der Waals surface area contributed by atoms with Gasteiger partial charge >= 0.3 is 0 Å². The van der Waals surface area contributed by atoms with Gasteiger partial charge in [0, 0.05) is 5.56 Å². The van der Waals surface area contributed by atoms with Crippen molar-refractivity contribution in [3.8, 4) is 0 Å². The average Bonchev–Trinajstić information content (AvgIpc) is 2.41. The summed E-state index contributed by atoms with van der Waals surface area (Å²) in [7, 11) is 0. The van der Waals surface area contributed by atoms with E-state index in [1.54, 1.807) is 24.3 Å². The molecule has 2 rings (SSSR count). The molecule has 1 heterocycles. The quantitative estimate of drug-likeness (QED) is 0.512. The maximum Gasteiger partial charge on any atom is 0.211 e. The normalized spacial score (nSPS) is 9.95. The summed E-state index contributed by atoms with van der Waals surface area (Å²) in [5.41, 5.74) is 6.96. The third kappa shape index (κ3) is 3.36. The number of hydrogen-bond acceptors (Lipinski definition) is 3. The van der Waals surface area contributed by atoms with Crippen LogP contribution in [0.3, 0.4) is 0 Å². The number of carbonyl (C=O) groups excluding carboxylic acids is 1. The monoisotopic (exact) mass is 335 g/mol. The van der Waals surface area contributed by atoms with Crippen molar-refractivity contribution in [3.63, 3.8) is 0 Å². The highest BCUT2D eigenvalue weighted by atomic mass is 79.9. The Hall–Kier alpha value is -1.79. The molecule has 0 atom stereocenters. The fourth-order valence-corrected chi connectivity index (χ4v) is 2.06. The minimum absolute atomic E-state index is 0.136. The molecule has 2 aromatic rings. The molecular formula is C13H10BrN3OS. The van der Waals surface area contributed by atoms with Crippen molar-refractivity contribution in [3.05, 3.63) is 58.3 Å². The topological polar surface area (TPSA) is 68.0 Å². The van der Waals surface area contributed by atoms with E-state index >= 15 is 0 Å². The molecule has 96 valence electrons. The van der Waals surface area contributed by atoms with Gasteiger partial charge in [-0.15, -0.1) is 0 Å². The maximum absolute atomic E-state index is 12.2. The Labute approximate surface area is 124 Å². The largest absolute Gasteiger partial charge is 0.376 e. The maximum atomic E-state index is 12.2. The summed E-state index contributed by atoms with van der Waals surface area (Å²) in [5.74, 6) is -0.136. The van der Waals surface area contributed by atoms with Crippen LogP contribution in [0.4, 0.5) is 5.69 Å². The standard InChI is InChI=1S/C13H10BrN3OS/c14-12-10(17-13(15)19)7-6-9(16-12)11(18)8-4-2-1-3-5-8/h1-7H,(H3,15,17,19). The Morgan fingerprint density at radius 1 is 1.21 bits per heavy atom. The van der Waals surface area contributed by atoms with Crippen molar-refractivity contribution < 1.29 is 4.79 Å². The van der Waals surface area contributed by atoms with Gasteiger partial charge < -0.3 is 11.1 Å². The molecule has 0 bridgehead atoms. The molecule has 0 aliphatic rings. The SMILES string of the molecule is NC(=S)Nc1ccc(C(=O)c2ccccc2)nc1Br. The van der Waals surface area contributed by atoms with Crippen molar-refractivity contribution in [2.24, 2.45) is 5.73 Å². The molecule has 0 amide bonds. The van der Waals surface area contributed by atoms with Crippen molar-refractivity contribution in [1.82, 2.24) is 4.98 Å². The van der Waals surface area contributed by atoms with E-state index in [4.69, 9.17) is 18.0 Å². The highest BCUT2D eigenvalue weighted by Crippen LogP contribution is 2.21. The highest BCUT2D eigenvalue weighted by molar-refractivity contribution is 9.10. The second-order valence-corrected chi connectivity index (χ2v) is 4.91. The number of ketones is 1. The van der Waals surface area contributed by atoms with Crippen LogP contribution < -0.4 is 11.1 Å². The predicted octanol–water partition coefficient (Wildman–Crippen LogP) is 2.73. The Morgan fingerprint density at radius 2 is 1.89 bits per heavy atom. The molecule has 0 aliphatic heterocycles. The van der Waals surface area contributed by atoms with E-state index in [-0.39, 0.29) is 10.9 Å². The Morgan fingerprint density at radius 3 is 2.47 bits per heavy atom. The van der Waals surface area contributed by atoms with Crippen LogP contribution in [0.5, 0.6) is 0 Å². The zero-order valence-corrected chi connectivity index (χ0v) is 12.2. The van der Waals surface area contributed by atoms with E-state index < -0.39 is 0 Å². The lowest BCUT2D eigenvalue weighted by Gasteiger charge is -2.07. The molecule has 0 fully saturated rings. The number of carbonyl (C=O) groups is 1. The number of pyridine rings is 1. The first kappa shape index (κ1) is 13.6. The van der Waals surface area contributed by atoms with Crippen LogP contribution in [0.25, 0.3) is 0 Å². The van der Waals surface area contributed by atoms with Crippen LogP contribution >= 0.6 is 28.1 Å². The average molecular weight is 336 g/mol. The van der Waals surface area contributed by atoms with Gasteiger partial charge in [-0.1, -0.05) is 30.3 Å². The van der Waals surface area contributed by atoms with Gasteiger partial charge in [-0.2, -0.15) is 0 Å². The molecule has 0 unspecified atom stereocenters. The van der Waals surface area contributed by atoms with Crippen molar-refractivity contribution in [1.29, 1.82) is 0 Å². The van der Waals surface area contributed by atoms with Gasteiger partial charge in [0.15, 0.2) is 5.11 Å². The molecule has 0 saturated carbocycles. The number of aromatic nitrogens is 1. The number of nitrogens with zero attached hydrogens (tertiary/aromatic N) is 1. The molecule has 1 aromatic heterocycles. The van der Waals surface area contributed by atoms with Crippen LogP contribution in [-0.2, 0) is 0 Å². The van der Waals surface area contributed by atoms with Crippen LogP contribution in [0, 0.1) is 0 Å². The lowest BCUT2D eigenvalue weighted by molar-refractivity contribution is 0.103. The summed E-state index contributed by atoms with van der Waals surface area (Å²) in [6.45, 7) is 0. The molecule has 1 aromatic carbocycles. The first-order valence-corrected chi connectivity index (χ1v) is 6.61. The van der Waals surface area contributed by atoms with Gasteiger partial charge in [0.05, 0.1) is 5.69 Å². The number of benzene rings is 1. The summed E-state index contributed by atoms with van der Waals surface area (Å²) >= 11 is 8.02. The summed E-state index contributed by atoms with van der Waals surface area (Å²) in [6, 6.07) is 12.3.